The van der Waals surface area contributed by atoms with E-state index in [0.29, 0.717) is 16.9 Å². The molecule has 0 radical (unpaired) electrons. The minimum atomic E-state index is -0.859. The second kappa shape index (κ2) is 12.7. The van der Waals surface area contributed by atoms with Gasteiger partial charge in [0, 0.05) is 25.1 Å². The molecule has 2 atom stereocenters. The Morgan fingerprint density at radius 1 is 1.00 bits per heavy atom. The maximum absolute atomic E-state index is 13.3. The van der Waals surface area contributed by atoms with E-state index in [4.69, 9.17) is 14.2 Å². The van der Waals surface area contributed by atoms with Gasteiger partial charge in [0.1, 0.15) is 11.9 Å². The van der Waals surface area contributed by atoms with Crippen molar-refractivity contribution in [3.63, 3.8) is 0 Å². The molecule has 4 rings (SSSR count). The summed E-state index contributed by atoms with van der Waals surface area (Å²) in [6.07, 6.45) is 1.00. The molecule has 6 nitrogen and oxygen atoms in total. The number of carbonyl (C=O) groups excluding carboxylic acids is 1. The van der Waals surface area contributed by atoms with Crippen molar-refractivity contribution < 1.29 is 28.5 Å². The van der Waals surface area contributed by atoms with Gasteiger partial charge in [0.05, 0.1) is 7.11 Å². The first-order chi connectivity index (χ1) is 18.0. The number of ether oxygens (including phenoxy) is 3. The fourth-order valence-electron chi connectivity index (χ4n) is 5.00. The third-order valence-electron chi connectivity index (χ3n) is 7.02. The van der Waals surface area contributed by atoms with Crippen molar-refractivity contribution in [3.05, 3.63) is 95.3 Å². The first-order valence-corrected chi connectivity index (χ1v) is 12.6. The molecule has 0 spiro atoms. The lowest BCUT2D eigenvalue weighted by molar-refractivity contribution is -0.166. The van der Waals surface area contributed by atoms with E-state index in [1.807, 2.05) is 48.5 Å². The number of likely N-dealkylation sites (tertiary alicyclic amines) is 1. The molecule has 1 N–H and O–H groups in total. The molecular formula is C30H34FNO5. The minimum absolute atomic E-state index is 0.00383. The summed E-state index contributed by atoms with van der Waals surface area (Å²) in [6, 6.07) is 21.0. The number of esters is 1. The van der Waals surface area contributed by atoms with Crippen LogP contribution in [0.5, 0.6) is 11.5 Å². The van der Waals surface area contributed by atoms with E-state index in [0.717, 1.165) is 44.5 Å². The number of rotatable bonds is 10. The number of aromatic hydroxyl groups is 1. The predicted octanol–water partition coefficient (Wildman–Crippen LogP) is 5.47. The molecule has 3 aromatic carbocycles. The number of halogens is 1. The maximum atomic E-state index is 13.3. The van der Waals surface area contributed by atoms with E-state index < -0.39 is 18.2 Å². The van der Waals surface area contributed by atoms with Crippen LogP contribution in [0.25, 0.3) is 0 Å². The zero-order chi connectivity index (χ0) is 26.2. The molecule has 1 saturated heterocycles. The normalized spacial score (nSPS) is 16.2. The Labute approximate surface area is 217 Å². The van der Waals surface area contributed by atoms with Crippen molar-refractivity contribution in [1.82, 2.24) is 4.90 Å². The molecule has 2 unspecified atom stereocenters. The second-order valence-electron chi connectivity index (χ2n) is 9.34. The fraction of sp³-hybridized carbons (Fsp3) is 0.367. The van der Waals surface area contributed by atoms with Crippen LogP contribution >= 0.6 is 0 Å². The van der Waals surface area contributed by atoms with Crippen LogP contribution in [0.1, 0.15) is 41.7 Å². The van der Waals surface area contributed by atoms with Crippen LogP contribution in [0.15, 0.2) is 72.8 Å². The first-order valence-electron chi connectivity index (χ1n) is 12.6. The van der Waals surface area contributed by atoms with Crippen molar-refractivity contribution in [2.45, 2.75) is 31.5 Å². The van der Waals surface area contributed by atoms with Crippen molar-refractivity contribution in [2.24, 2.45) is 5.92 Å². The van der Waals surface area contributed by atoms with Crippen molar-refractivity contribution in [2.75, 3.05) is 33.9 Å². The van der Waals surface area contributed by atoms with Crippen LogP contribution < -0.4 is 4.74 Å². The lowest BCUT2D eigenvalue weighted by Gasteiger charge is -2.36. The van der Waals surface area contributed by atoms with E-state index in [1.165, 1.54) is 26.4 Å². The molecule has 7 heteroatoms. The third kappa shape index (κ3) is 6.67. The Morgan fingerprint density at radius 3 is 2.35 bits per heavy atom. The van der Waals surface area contributed by atoms with Crippen LogP contribution in [0.2, 0.25) is 0 Å². The predicted molar refractivity (Wildman–Crippen MR) is 139 cm³/mol. The molecule has 0 aromatic heterocycles. The number of phenolic OH excluding ortho intramolecular Hbond substituents is 1. The standard InChI is InChI=1S/C30H34FNO5/c1-35-28(22-7-4-3-5-8-22)30(34)37-27(25-9-6-10-26(33)29(25)36-2)23-16-19-32(20-17-23)18-15-21-11-13-24(31)14-12-21/h3-14,23,27-28,33H,15-20H2,1-2H3. The highest BCUT2D eigenvalue weighted by molar-refractivity contribution is 5.77. The molecule has 37 heavy (non-hydrogen) atoms. The molecule has 196 valence electrons. The number of hydrogen-bond acceptors (Lipinski definition) is 6. The first kappa shape index (κ1) is 26.6. The number of para-hydroxylation sites is 1. The van der Waals surface area contributed by atoms with Crippen molar-refractivity contribution in [1.29, 1.82) is 0 Å². The number of benzene rings is 3. The zero-order valence-electron chi connectivity index (χ0n) is 21.3. The summed E-state index contributed by atoms with van der Waals surface area (Å²) in [5.74, 6) is -0.356. The molecule has 1 heterocycles. The van der Waals surface area contributed by atoms with Gasteiger partial charge < -0.3 is 24.2 Å². The van der Waals surface area contributed by atoms with Crippen LogP contribution in [0, 0.1) is 11.7 Å². The van der Waals surface area contributed by atoms with Gasteiger partial charge in [0.2, 0.25) is 0 Å². The van der Waals surface area contributed by atoms with E-state index in [-0.39, 0.29) is 17.5 Å². The van der Waals surface area contributed by atoms with E-state index in [9.17, 15) is 14.3 Å². The highest BCUT2D eigenvalue weighted by Crippen LogP contribution is 2.42. The quantitative estimate of drug-likeness (QED) is 0.367. The Hall–Kier alpha value is -3.42. The molecule has 1 aliphatic rings. The monoisotopic (exact) mass is 507 g/mol. The lowest BCUT2D eigenvalue weighted by atomic mass is 9.86. The second-order valence-corrected chi connectivity index (χ2v) is 9.34. The van der Waals surface area contributed by atoms with Gasteiger partial charge in [-0.1, -0.05) is 54.6 Å². The van der Waals surface area contributed by atoms with Crippen LogP contribution in [-0.2, 0) is 20.7 Å². The summed E-state index contributed by atoms with van der Waals surface area (Å²) in [4.78, 5) is 15.7. The van der Waals surface area contributed by atoms with Crippen LogP contribution in [0.3, 0.4) is 0 Å². The van der Waals surface area contributed by atoms with Gasteiger partial charge >= 0.3 is 5.97 Å². The van der Waals surface area contributed by atoms with Gasteiger partial charge in [0.15, 0.2) is 17.6 Å². The molecule has 1 fully saturated rings. The molecule has 0 aliphatic carbocycles. The van der Waals surface area contributed by atoms with E-state index in [2.05, 4.69) is 4.90 Å². The van der Waals surface area contributed by atoms with Crippen LogP contribution in [-0.4, -0.2) is 49.8 Å². The van der Waals surface area contributed by atoms with Gasteiger partial charge in [0.25, 0.3) is 0 Å². The topological polar surface area (TPSA) is 68.2 Å². The highest BCUT2D eigenvalue weighted by atomic mass is 19.1. The number of piperidine rings is 1. The number of hydrogen-bond donors (Lipinski definition) is 1. The summed E-state index contributed by atoms with van der Waals surface area (Å²) < 4.78 is 30.4. The number of carbonyl (C=O) groups is 1. The molecule has 3 aromatic rings. The maximum Gasteiger partial charge on any atom is 0.340 e. The molecule has 1 aliphatic heterocycles. The number of phenols is 1. The minimum Gasteiger partial charge on any atom is -0.504 e. The Kier molecular flexibility index (Phi) is 9.14. The molecular weight excluding hydrogens is 473 g/mol. The number of nitrogens with zero attached hydrogens (tertiary/aromatic N) is 1. The van der Waals surface area contributed by atoms with E-state index >= 15 is 0 Å². The Morgan fingerprint density at radius 2 is 1.70 bits per heavy atom. The highest BCUT2D eigenvalue weighted by Gasteiger charge is 2.35. The van der Waals surface area contributed by atoms with Crippen molar-refractivity contribution in [3.8, 4) is 11.5 Å². The summed E-state index contributed by atoms with van der Waals surface area (Å²) in [7, 11) is 2.99. The van der Waals surface area contributed by atoms with Gasteiger partial charge in [-0.05, 0) is 61.7 Å². The third-order valence-corrected chi connectivity index (χ3v) is 7.02. The average Bonchev–Trinajstić information content (AvgIpc) is 2.93. The largest absolute Gasteiger partial charge is 0.504 e. The summed E-state index contributed by atoms with van der Waals surface area (Å²) in [5, 5.41) is 10.4. The molecule has 0 amide bonds. The SMILES string of the molecule is COc1c(O)cccc1C(OC(=O)C(OC)c1ccccc1)C1CCN(CCc2ccc(F)cc2)CC1. The van der Waals surface area contributed by atoms with E-state index in [1.54, 1.807) is 12.1 Å². The summed E-state index contributed by atoms with van der Waals surface area (Å²) in [5.41, 5.74) is 2.46. The van der Waals surface area contributed by atoms with Crippen LogP contribution in [0.4, 0.5) is 4.39 Å². The molecule has 0 bridgehead atoms. The summed E-state index contributed by atoms with van der Waals surface area (Å²) in [6.45, 7) is 2.55. The zero-order valence-corrected chi connectivity index (χ0v) is 21.3. The van der Waals surface area contributed by atoms with Crippen molar-refractivity contribution >= 4 is 5.97 Å². The van der Waals surface area contributed by atoms with Gasteiger partial charge in [-0.3, -0.25) is 0 Å². The van der Waals surface area contributed by atoms with Gasteiger partial charge in [-0.2, -0.15) is 0 Å². The summed E-state index contributed by atoms with van der Waals surface area (Å²) >= 11 is 0. The van der Waals surface area contributed by atoms with Gasteiger partial charge in [-0.15, -0.1) is 0 Å². The Balaban J connectivity index is 1.49. The smallest absolute Gasteiger partial charge is 0.340 e. The van der Waals surface area contributed by atoms with Gasteiger partial charge in [-0.25, -0.2) is 9.18 Å². The molecule has 0 saturated carbocycles. The fourth-order valence-corrected chi connectivity index (χ4v) is 5.00. The lowest BCUT2D eigenvalue weighted by Crippen LogP contribution is -2.38. The average molecular weight is 508 g/mol. The number of methoxy groups -OCH3 is 2. The Bertz CT molecular complexity index is 1150.